The first kappa shape index (κ1) is 17.4. The fraction of sp³-hybridized carbons (Fsp3) is 0.647. The monoisotopic (exact) mass is 346 g/mol. The van der Waals surface area contributed by atoms with E-state index in [1.807, 2.05) is 35.7 Å². The molecule has 8 nitrogen and oxygen atoms in total. The predicted molar refractivity (Wildman–Crippen MR) is 91.7 cm³/mol. The van der Waals surface area contributed by atoms with Gasteiger partial charge in [-0.25, -0.2) is 4.79 Å². The molecular formula is C17H26N6O2. The minimum atomic E-state index is -0.268. The molecule has 136 valence electrons. The minimum absolute atomic E-state index is 0.0629. The van der Waals surface area contributed by atoms with Crippen LogP contribution in [0.4, 0.5) is 4.79 Å². The SMILES string of the molecule is Cc1noc([C@@H](NC(=O)N2CCC(Cn3cccn3)CC2)C(C)C)n1. The molecule has 25 heavy (non-hydrogen) atoms. The first-order chi connectivity index (χ1) is 12.0. The van der Waals surface area contributed by atoms with Gasteiger partial charge in [0.15, 0.2) is 5.82 Å². The minimum Gasteiger partial charge on any atom is -0.337 e. The number of carbonyl (C=O) groups excluding carboxylic acids is 1. The molecule has 1 N–H and O–H groups in total. The van der Waals surface area contributed by atoms with Gasteiger partial charge in [0.25, 0.3) is 0 Å². The number of urea groups is 1. The molecule has 2 aromatic rings. The van der Waals surface area contributed by atoms with Crippen LogP contribution >= 0.6 is 0 Å². The fourth-order valence-electron chi connectivity index (χ4n) is 3.17. The molecule has 1 aliphatic heterocycles. The van der Waals surface area contributed by atoms with Gasteiger partial charge in [-0.3, -0.25) is 4.68 Å². The summed E-state index contributed by atoms with van der Waals surface area (Å²) in [6.45, 7) is 8.26. The average Bonchev–Trinajstić information content (AvgIpc) is 3.24. The molecule has 0 spiro atoms. The van der Waals surface area contributed by atoms with E-state index in [0.717, 1.165) is 32.5 Å². The Morgan fingerprint density at radius 3 is 2.72 bits per heavy atom. The van der Waals surface area contributed by atoms with Gasteiger partial charge in [0.05, 0.1) is 0 Å². The van der Waals surface area contributed by atoms with E-state index in [9.17, 15) is 4.79 Å². The highest BCUT2D eigenvalue weighted by Crippen LogP contribution is 2.22. The van der Waals surface area contributed by atoms with Crippen LogP contribution in [0.15, 0.2) is 23.0 Å². The summed E-state index contributed by atoms with van der Waals surface area (Å²) < 4.78 is 7.21. The van der Waals surface area contributed by atoms with Crippen LogP contribution in [0.25, 0.3) is 0 Å². The van der Waals surface area contributed by atoms with E-state index in [1.54, 1.807) is 13.1 Å². The second kappa shape index (κ2) is 7.67. The molecule has 0 aliphatic carbocycles. The summed E-state index contributed by atoms with van der Waals surface area (Å²) in [6, 6.07) is 1.61. The van der Waals surface area contributed by atoms with Gasteiger partial charge in [-0.05, 0) is 37.7 Å². The number of piperidine rings is 1. The Morgan fingerprint density at radius 2 is 2.16 bits per heavy atom. The predicted octanol–water partition coefficient (Wildman–Crippen LogP) is 2.39. The maximum Gasteiger partial charge on any atom is 0.318 e. The molecule has 1 atom stereocenters. The third-order valence-electron chi connectivity index (χ3n) is 4.66. The van der Waals surface area contributed by atoms with Gasteiger partial charge in [-0.15, -0.1) is 0 Å². The highest BCUT2D eigenvalue weighted by Gasteiger charge is 2.28. The number of hydrogen-bond donors (Lipinski definition) is 1. The van der Waals surface area contributed by atoms with Crippen LogP contribution in [0.1, 0.15) is 44.4 Å². The van der Waals surface area contributed by atoms with Gasteiger partial charge in [0, 0.05) is 32.0 Å². The van der Waals surface area contributed by atoms with E-state index < -0.39 is 0 Å². The van der Waals surface area contributed by atoms with Gasteiger partial charge in [-0.1, -0.05) is 19.0 Å². The lowest BCUT2D eigenvalue weighted by Gasteiger charge is -2.33. The number of likely N-dealkylation sites (tertiary alicyclic amines) is 1. The largest absolute Gasteiger partial charge is 0.337 e. The standard InChI is InChI=1S/C17H26N6O2/c1-12(2)15(16-19-13(3)21-25-16)20-17(24)22-9-5-14(6-10-22)11-23-8-4-7-18-23/h4,7-8,12,14-15H,5-6,9-11H2,1-3H3,(H,20,24)/t15-/m0/s1. The van der Waals surface area contributed by atoms with Crippen molar-refractivity contribution in [1.82, 2.24) is 30.1 Å². The summed E-state index contributed by atoms with van der Waals surface area (Å²) in [5.74, 6) is 1.77. The Kier molecular flexibility index (Phi) is 5.35. The first-order valence-corrected chi connectivity index (χ1v) is 8.86. The van der Waals surface area contributed by atoms with Crippen molar-refractivity contribution in [3.8, 4) is 0 Å². The molecule has 0 aromatic carbocycles. The van der Waals surface area contributed by atoms with Crippen molar-refractivity contribution in [2.75, 3.05) is 13.1 Å². The van der Waals surface area contributed by atoms with Crippen LogP contribution < -0.4 is 5.32 Å². The van der Waals surface area contributed by atoms with Crippen LogP contribution in [-0.2, 0) is 6.54 Å². The summed E-state index contributed by atoms with van der Waals surface area (Å²) >= 11 is 0. The average molecular weight is 346 g/mol. The molecule has 8 heteroatoms. The number of nitrogens with zero attached hydrogens (tertiary/aromatic N) is 5. The Balaban J connectivity index is 1.53. The van der Waals surface area contributed by atoms with Gasteiger partial charge in [0.1, 0.15) is 6.04 Å². The van der Waals surface area contributed by atoms with Crippen LogP contribution in [-0.4, -0.2) is 43.9 Å². The van der Waals surface area contributed by atoms with Crippen LogP contribution in [0, 0.1) is 18.8 Å². The molecule has 2 amide bonds. The molecule has 2 aromatic heterocycles. The molecule has 0 radical (unpaired) electrons. The van der Waals surface area contributed by atoms with Crippen molar-refractivity contribution in [3.05, 3.63) is 30.2 Å². The van der Waals surface area contributed by atoms with Gasteiger partial charge >= 0.3 is 6.03 Å². The van der Waals surface area contributed by atoms with Gasteiger partial charge < -0.3 is 14.7 Å². The molecule has 0 bridgehead atoms. The number of nitrogens with one attached hydrogen (secondary N) is 1. The van der Waals surface area contributed by atoms with Gasteiger partial charge in [-0.2, -0.15) is 10.1 Å². The molecule has 0 unspecified atom stereocenters. The molecule has 3 rings (SSSR count). The first-order valence-electron chi connectivity index (χ1n) is 8.86. The van der Waals surface area contributed by atoms with Crippen molar-refractivity contribution in [2.24, 2.45) is 11.8 Å². The van der Waals surface area contributed by atoms with E-state index in [4.69, 9.17) is 4.52 Å². The topological polar surface area (TPSA) is 89.1 Å². The van der Waals surface area contributed by atoms with E-state index in [0.29, 0.717) is 17.6 Å². The Hall–Kier alpha value is -2.38. The number of amides is 2. The molecule has 1 saturated heterocycles. The third-order valence-corrected chi connectivity index (χ3v) is 4.66. The smallest absolute Gasteiger partial charge is 0.318 e. The lowest BCUT2D eigenvalue weighted by Crippen LogP contribution is -2.46. The summed E-state index contributed by atoms with van der Waals surface area (Å²) in [6.07, 6.45) is 5.76. The van der Waals surface area contributed by atoms with Crippen LogP contribution in [0.3, 0.4) is 0 Å². The third kappa shape index (κ3) is 4.37. The molecule has 3 heterocycles. The van der Waals surface area contributed by atoms with Crippen LogP contribution in [0.2, 0.25) is 0 Å². The summed E-state index contributed by atoms with van der Waals surface area (Å²) in [4.78, 5) is 18.8. The number of hydrogen-bond acceptors (Lipinski definition) is 5. The quantitative estimate of drug-likeness (QED) is 0.898. The van der Waals surface area contributed by atoms with Crippen molar-refractivity contribution in [1.29, 1.82) is 0 Å². The molecule has 1 aliphatic rings. The number of aromatic nitrogens is 4. The van der Waals surface area contributed by atoms with Crippen molar-refractivity contribution in [3.63, 3.8) is 0 Å². The van der Waals surface area contributed by atoms with Crippen molar-refractivity contribution >= 4 is 6.03 Å². The zero-order valence-corrected chi connectivity index (χ0v) is 15.1. The zero-order valence-electron chi connectivity index (χ0n) is 15.1. The van der Waals surface area contributed by atoms with E-state index >= 15 is 0 Å². The van der Waals surface area contributed by atoms with Crippen molar-refractivity contribution in [2.45, 2.75) is 46.2 Å². The van der Waals surface area contributed by atoms with Crippen molar-refractivity contribution < 1.29 is 9.32 Å². The lowest BCUT2D eigenvalue weighted by atomic mass is 9.97. The Labute approximate surface area is 147 Å². The maximum atomic E-state index is 12.6. The second-order valence-electron chi connectivity index (χ2n) is 7.01. The summed E-state index contributed by atoms with van der Waals surface area (Å²) in [5.41, 5.74) is 0. The summed E-state index contributed by atoms with van der Waals surface area (Å²) in [5, 5.41) is 11.1. The number of aryl methyl sites for hydroxylation is 1. The fourth-order valence-corrected chi connectivity index (χ4v) is 3.17. The molecule has 0 saturated carbocycles. The van der Waals surface area contributed by atoms with E-state index in [2.05, 4.69) is 20.6 Å². The zero-order chi connectivity index (χ0) is 17.8. The number of rotatable bonds is 5. The van der Waals surface area contributed by atoms with E-state index in [1.165, 1.54) is 0 Å². The highest BCUT2D eigenvalue weighted by molar-refractivity contribution is 5.74. The molecular weight excluding hydrogens is 320 g/mol. The Bertz CT molecular complexity index is 673. The number of carbonyl (C=O) groups is 1. The van der Waals surface area contributed by atoms with Gasteiger partial charge in [0.2, 0.25) is 5.89 Å². The Morgan fingerprint density at radius 1 is 1.40 bits per heavy atom. The second-order valence-corrected chi connectivity index (χ2v) is 7.01. The maximum absolute atomic E-state index is 12.6. The van der Waals surface area contributed by atoms with Crippen LogP contribution in [0.5, 0.6) is 0 Å². The normalized spacial score (nSPS) is 17.0. The van der Waals surface area contributed by atoms with E-state index in [-0.39, 0.29) is 18.0 Å². The molecule has 1 fully saturated rings. The summed E-state index contributed by atoms with van der Waals surface area (Å²) in [7, 11) is 0. The highest BCUT2D eigenvalue weighted by atomic mass is 16.5. The lowest BCUT2D eigenvalue weighted by molar-refractivity contribution is 0.155.